The number of H-pyrrole nitrogens is 1. The van der Waals surface area contributed by atoms with Crippen molar-refractivity contribution in [2.45, 2.75) is 40.4 Å². The molecular formula is C21H23F2NO7. The Morgan fingerprint density at radius 1 is 1.10 bits per heavy atom. The summed E-state index contributed by atoms with van der Waals surface area (Å²) in [5.74, 6) is -2.31. The largest absolute Gasteiger partial charge is 0.493 e. The van der Waals surface area contributed by atoms with E-state index in [9.17, 15) is 23.2 Å². The molecule has 2 aromatic rings. The van der Waals surface area contributed by atoms with E-state index < -0.39 is 30.4 Å². The topological polar surface area (TPSA) is 104 Å². The van der Waals surface area contributed by atoms with Crippen LogP contribution >= 0.6 is 0 Å². The van der Waals surface area contributed by atoms with E-state index in [-0.39, 0.29) is 34.9 Å². The van der Waals surface area contributed by atoms with E-state index in [4.69, 9.17) is 14.2 Å². The molecule has 31 heavy (non-hydrogen) atoms. The Kier molecular flexibility index (Phi) is 7.73. The number of alkyl halides is 2. The number of aromatic amines is 1. The summed E-state index contributed by atoms with van der Waals surface area (Å²) in [6.07, 6.45) is -1.19. The highest BCUT2D eigenvalue weighted by molar-refractivity contribution is 6.04. The highest BCUT2D eigenvalue weighted by atomic mass is 19.3. The van der Waals surface area contributed by atoms with Gasteiger partial charge in [-0.1, -0.05) is 0 Å². The number of esters is 2. The van der Waals surface area contributed by atoms with Gasteiger partial charge < -0.3 is 23.9 Å². The number of halogens is 2. The van der Waals surface area contributed by atoms with Gasteiger partial charge in [0.05, 0.1) is 30.5 Å². The molecule has 0 bridgehead atoms. The van der Waals surface area contributed by atoms with Gasteiger partial charge >= 0.3 is 18.6 Å². The highest BCUT2D eigenvalue weighted by Crippen LogP contribution is 2.30. The van der Waals surface area contributed by atoms with Crippen LogP contribution in [0.2, 0.25) is 0 Å². The maximum atomic E-state index is 12.8. The standard InChI is InChI=1S/C21H23F2NO7/c1-6-29-20(27)16-10(2)17(24-11(16)3)18(25)12(4)30-19(26)13-7-8-14(31-21(22)23)15(9-13)28-5/h7-9,12,21,24H,6H2,1-5H3/t12-/m0/s1. The molecule has 1 aromatic carbocycles. The van der Waals surface area contributed by atoms with Crippen LogP contribution in [0.1, 0.15) is 56.3 Å². The Morgan fingerprint density at radius 2 is 1.77 bits per heavy atom. The van der Waals surface area contributed by atoms with E-state index >= 15 is 0 Å². The number of rotatable bonds is 9. The number of hydrogen-bond donors (Lipinski definition) is 1. The predicted molar refractivity (Wildman–Crippen MR) is 105 cm³/mol. The second kappa shape index (κ2) is 10.1. The monoisotopic (exact) mass is 439 g/mol. The summed E-state index contributed by atoms with van der Waals surface area (Å²) in [6.45, 7) is 3.39. The van der Waals surface area contributed by atoms with Crippen molar-refractivity contribution in [3.63, 3.8) is 0 Å². The molecule has 1 atom stereocenters. The molecule has 0 amide bonds. The van der Waals surface area contributed by atoms with Crippen molar-refractivity contribution >= 4 is 17.7 Å². The van der Waals surface area contributed by atoms with E-state index in [1.54, 1.807) is 20.8 Å². The Bertz CT molecular complexity index is 984. The second-order valence-corrected chi connectivity index (χ2v) is 6.50. The average molecular weight is 439 g/mol. The van der Waals surface area contributed by atoms with Crippen molar-refractivity contribution < 1.29 is 42.1 Å². The fraction of sp³-hybridized carbons (Fsp3) is 0.381. The number of nitrogens with one attached hydrogen (secondary N) is 1. The number of hydrogen-bond acceptors (Lipinski definition) is 7. The van der Waals surface area contributed by atoms with Crippen LogP contribution in [0.4, 0.5) is 8.78 Å². The highest BCUT2D eigenvalue weighted by Gasteiger charge is 2.28. The number of ketones is 1. The van der Waals surface area contributed by atoms with E-state index in [1.165, 1.54) is 26.2 Å². The van der Waals surface area contributed by atoms with Gasteiger partial charge in [-0.3, -0.25) is 4.79 Å². The van der Waals surface area contributed by atoms with Gasteiger partial charge in [-0.05, 0) is 51.5 Å². The lowest BCUT2D eigenvalue weighted by molar-refractivity contribution is -0.0512. The van der Waals surface area contributed by atoms with E-state index in [1.807, 2.05) is 0 Å². The molecule has 0 fully saturated rings. The van der Waals surface area contributed by atoms with Gasteiger partial charge in [-0.15, -0.1) is 0 Å². The summed E-state index contributed by atoms with van der Waals surface area (Å²) in [7, 11) is 1.23. The van der Waals surface area contributed by atoms with Gasteiger partial charge in [-0.2, -0.15) is 8.78 Å². The fourth-order valence-electron chi connectivity index (χ4n) is 2.98. The molecule has 1 heterocycles. The van der Waals surface area contributed by atoms with Crippen molar-refractivity contribution in [3.05, 3.63) is 46.3 Å². The van der Waals surface area contributed by atoms with Crippen molar-refractivity contribution in [2.75, 3.05) is 13.7 Å². The quantitative estimate of drug-likeness (QED) is 0.468. The molecule has 0 aliphatic carbocycles. The summed E-state index contributed by atoms with van der Waals surface area (Å²) >= 11 is 0. The van der Waals surface area contributed by atoms with Crippen LogP contribution in [-0.2, 0) is 9.47 Å². The molecule has 8 nitrogen and oxygen atoms in total. The zero-order valence-electron chi connectivity index (χ0n) is 17.7. The maximum Gasteiger partial charge on any atom is 0.387 e. The Balaban J connectivity index is 2.19. The van der Waals surface area contributed by atoms with Gasteiger partial charge in [0, 0.05) is 5.69 Å². The van der Waals surface area contributed by atoms with Crippen molar-refractivity contribution in [1.82, 2.24) is 4.98 Å². The molecule has 10 heteroatoms. The van der Waals surface area contributed by atoms with Crippen LogP contribution in [0.15, 0.2) is 18.2 Å². The molecule has 0 spiro atoms. The fourth-order valence-corrected chi connectivity index (χ4v) is 2.98. The lowest BCUT2D eigenvalue weighted by atomic mass is 10.1. The summed E-state index contributed by atoms with van der Waals surface area (Å²) in [5.41, 5.74) is 1.20. The third-order valence-corrected chi connectivity index (χ3v) is 4.43. The van der Waals surface area contributed by atoms with Gasteiger partial charge in [0.1, 0.15) is 0 Å². The summed E-state index contributed by atoms with van der Waals surface area (Å²) in [6, 6.07) is 3.51. The van der Waals surface area contributed by atoms with Crippen LogP contribution < -0.4 is 9.47 Å². The lowest BCUT2D eigenvalue weighted by Gasteiger charge is -2.14. The zero-order valence-corrected chi connectivity index (χ0v) is 17.7. The first-order chi connectivity index (χ1) is 14.6. The molecule has 168 valence electrons. The molecule has 0 aliphatic rings. The van der Waals surface area contributed by atoms with Gasteiger partial charge in [-0.25, -0.2) is 9.59 Å². The van der Waals surface area contributed by atoms with Crippen LogP contribution in [0.25, 0.3) is 0 Å². The lowest BCUT2D eigenvalue weighted by Crippen LogP contribution is -2.25. The zero-order chi connectivity index (χ0) is 23.3. The number of methoxy groups -OCH3 is 1. The molecule has 0 aliphatic heterocycles. The Labute approximate surface area is 177 Å². The van der Waals surface area contributed by atoms with Crippen molar-refractivity contribution in [3.8, 4) is 11.5 Å². The minimum absolute atomic E-state index is 0.0234. The Morgan fingerprint density at radius 3 is 2.35 bits per heavy atom. The number of carbonyl (C=O) groups is 3. The molecule has 0 radical (unpaired) electrons. The van der Waals surface area contributed by atoms with Gasteiger partial charge in [0.15, 0.2) is 17.6 Å². The first-order valence-corrected chi connectivity index (χ1v) is 9.34. The first-order valence-electron chi connectivity index (χ1n) is 9.34. The van der Waals surface area contributed by atoms with Gasteiger partial charge in [0.25, 0.3) is 0 Å². The molecule has 2 rings (SSSR count). The third kappa shape index (κ3) is 5.39. The number of aryl methyl sites for hydroxylation is 1. The van der Waals surface area contributed by atoms with E-state index in [0.717, 1.165) is 6.07 Å². The molecule has 1 aromatic heterocycles. The normalized spacial score (nSPS) is 11.7. The number of benzene rings is 1. The Hall–Kier alpha value is -3.43. The summed E-state index contributed by atoms with van der Waals surface area (Å²) in [5, 5.41) is 0. The SMILES string of the molecule is CCOC(=O)c1c(C)[nH]c(C(=O)[C@H](C)OC(=O)c2ccc(OC(F)F)c(OC)c2)c1C. The molecule has 0 saturated carbocycles. The molecule has 0 unspecified atom stereocenters. The molecule has 1 N–H and O–H groups in total. The van der Waals surface area contributed by atoms with Crippen LogP contribution in [0.3, 0.4) is 0 Å². The number of aromatic nitrogens is 1. The average Bonchev–Trinajstić information content (AvgIpc) is 3.01. The summed E-state index contributed by atoms with van der Waals surface area (Å²) in [4.78, 5) is 40.2. The predicted octanol–water partition coefficient (Wildman–Crippen LogP) is 3.85. The molecular weight excluding hydrogens is 416 g/mol. The van der Waals surface area contributed by atoms with Gasteiger partial charge in [0.2, 0.25) is 5.78 Å². The van der Waals surface area contributed by atoms with E-state index in [0.29, 0.717) is 11.3 Å². The first kappa shape index (κ1) is 23.8. The van der Waals surface area contributed by atoms with E-state index in [2.05, 4.69) is 9.72 Å². The van der Waals surface area contributed by atoms with Crippen molar-refractivity contribution in [1.29, 1.82) is 0 Å². The third-order valence-electron chi connectivity index (χ3n) is 4.43. The number of ether oxygens (including phenoxy) is 4. The van der Waals surface area contributed by atoms with Crippen LogP contribution in [-0.4, -0.2) is 49.1 Å². The van der Waals surface area contributed by atoms with Crippen molar-refractivity contribution in [2.24, 2.45) is 0 Å². The number of carbonyl (C=O) groups excluding carboxylic acids is 3. The smallest absolute Gasteiger partial charge is 0.387 e. The van der Waals surface area contributed by atoms with Crippen LogP contribution in [0, 0.1) is 13.8 Å². The minimum Gasteiger partial charge on any atom is -0.493 e. The van der Waals surface area contributed by atoms with Crippen LogP contribution in [0.5, 0.6) is 11.5 Å². The number of Topliss-reactive ketones (excluding diaryl/α,β-unsaturated/α-hetero) is 1. The molecule has 0 saturated heterocycles. The second-order valence-electron chi connectivity index (χ2n) is 6.50. The summed E-state index contributed by atoms with van der Waals surface area (Å²) < 4.78 is 44.3. The minimum atomic E-state index is -3.06. The maximum absolute atomic E-state index is 12.8.